The summed E-state index contributed by atoms with van der Waals surface area (Å²) >= 11 is 3.43. The maximum Gasteiger partial charge on any atom is 0.164 e. The van der Waals surface area contributed by atoms with Crippen LogP contribution in [-0.4, -0.2) is 12.4 Å². The third-order valence-electron chi connectivity index (χ3n) is 2.58. The smallest absolute Gasteiger partial charge is 0.164 e. The summed E-state index contributed by atoms with van der Waals surface area (Å²) in [5.41, 5.74) is 0.727. The number of halogens is 1. The number of hydrogen-bond acceptors (Lipinski definition) is 2. The second-order valence-electron chi connectivity index (χ2n) is 4.87. The molecule has 0 amide bonds. The maximum absolute atomic E-state index is 12.0. The van der Waals surface area contributed by atoms with Crippen molar-refractivity contribution >= 4 is 21.7 Å². The number of carbonyl (C=O) groups excluding carboxylic acids is 1. The van der Waals surface area contributed by atoms with Gasteiger partial charge in [-0.2, -0.15) is 0 Å². The molecule has 3 heteroatoms. The maximum atomic E-state index is 12.0. The Morgan fingerprint density at radius 3 is 2.72 bits per heavy atom. The third-order valence-corrected chi connectivity index (χ3v) is 3.27. The van der Waals surface area contributed by atoms with Crippen LogP contribution in [0.5, 0.6) is 5.75 Å². The van der Waals surface area contributed by atoms with Gasteiger partial charge in [0.2, 0.25) is 0 Å². The highest BCUT2D eigenvalue weighted by Gasteiger charge is 2.11. The fourth-order valence-corrected chi connectivity index (χ4v) is 2.01. The largest absolute Gasteiger partial charge is 0.493 e. The number of Topliss-reactive ketones (excluding diaryl/α,β-unsaturated/α-hetero) is 1. The number of ketones is 1. The molecule has 0 aromatic heterocycles. The molecule has 0 unspecified atom stereocenters. The minimum Gasteiger partial charge on any atom is -0.493 e. The van der Waals surface area contributed by atoms with Crippen LogP contribution < -0.4 is 4.74 Å². The number of ether oxygens (including phenoxy) is 1. The average Bonchev–Trinajstić information content (AvgIpc) is 2.34. The standard InChI is InChI=1S/C15H21BrO2/c1-4-5-6-15(17)13-9-12(7-8-14(13)16)18-10-11(2)3/h7-9,11H,4-6,10H2,1-3H3. The molecule has 0 aliphatic rings. The molecule has 0 radical (unpaired) electrons. The Morgan fingerprint density at radius 2 is 2.11 bits per heavy atom. The predicted molar refractivity (Wildman–Crippen MR) is 78.3 cm³/mol. The summed E-state index contributed by atoms with van der Waals surface area (Å²) in [7, 11) is 0. The van der Waals surface area contributed by atoms with E-state index in [1.165, 1.54) is 0 Å². The van der Waals surface area contributed by atoms with Crippen LogP contribution in [0, 0.1) is 5.92 Å². The third kappa shape index (κ3) is 4.81. The van der Waals surface area contributed by atoms with Crippen LogP contribution in [0.15, 0.2) is 22.7 Å². The number of benzene rings is 1. The summed E-state index contributed by atoms with van der Waals surface area (Å²) in [4.78, 5) is 12.0. The minimum absolute atomic E-state index is 0.179. The zero-order chi connectivity index (χ0) is 13.5. The van der Waals surface area contributed by atoms with Gasteiger partial charge in [0.25, 0.3) is 0 Å². The second kappa shape index (κ2) is 7.57. The van der Waals surface area contributed by atoms with E-state index >= 15 is 0 Å². The van der Waals surface area contributed by atoms with Gasteiger partial charge in [0.15, 0.2) is 5.78 Å². The fraction of sp³-hybridized carbons (Fsp3) is 0.533. The summed E-state index contributed by atoms with van der Waals surface area (Å²) in [6, 6.07) is 5.61. The van der Waals surface area contributed by atoms with Gasteiger partial charge in [-0.1, -0.05) is 43.1 Å². The predicted octanol–water partition coefficient (Wildman–Crippen LogP) is 4.86. The molecule has 0 fully saturated rings. The summed E-state index contributed by atoms with van der Waals surface area (Å²) < 4.78 is 6.49. The fourth-order valence-electron chi connectivity index (χ4n) is 1.54. The van der Waals surface area contributed by atoms with Gasteiger partial charge in [-0.25, -0.2) is 0 Å². The van der Waals surface area contributed by atoms with Crippen LogP contribution in [0.1, 0.15) is 50.4 Å². The van der Waals surface area contributed by atoms with E-state index in [-0.39, 0.29) is 5.78 Å². The molecule has 100 valence electrons. The molecule has 0 spiro atoms. The molecule has 2 nitrogen and oxygen atoms in total. The molecular weight excluding hydrogens is 292 g/mol. The Morgan fingerprint density at radius 1 is 1.39 bits per heavy atom. The van der Waals surface area contributed by atoms with E-state index in [1.54, 1.807) is 0 Å². The molecule has 1 rings (SSSR count). The zero-order valence-electron chi connectivity index (χ0n) is 11.3. The molecule has 0 bridgehead atoms. The summed E-state index contributed by atoms with van der Waals surface area (Å²) in [6.45, 7) is 6.97. The van der Waals surface area contributed by atoms with E-state index in [1.807, 2.05) is 18.2 Å². The van der Waals surface area contributed by atoms with Crippen molar-refractivity contribution in [3.05, 3.63) is 28.2 Å². The molecule has 0 saturated carbocycles. The highest BCUT2D eigenvalue weighted by molar-refractivity contribution is 9.10. The quantitative estimate of drug-likeness (QED) is 0.672. The highest BCUT2D eigenvalue weighted by atomic mass is 79.9. The monoisotopic (exact) mass is 312 g/mol. The van der Waals surface area contributed by atoms with Gasteiger partial charge in [0.1, 0.15) is 5.75 Å². The van der Waals surface area contributed by atoms with Crippen molar-refractivity contribution in [1.29, 1.82) is 0 Å². The van der Waals surface area contributed by atoms with Crippen molar-refractivity contribution in [2.75, 3.05) is 6.61 Å². The van der Waals surface area contributed by atoms with Gasteiger partial charge in [-0.15, -0.1) is 0 Å². The lowest BCUT2D eigenvalue weighted by atomic mass is 10.1. The number of rotatable bonds is 7. The van der Waals surface area contributed by atoms with Gasteiger partial charge in [0, 0.05) is 16.5 Å². The Labute approximate surface area is 118 Å². The summed E-state index contributed by atoms with van der Waals surface area (Å²) in [6.07, 6.45) is 2.57. The van der Waals surface area contributed by atoms with E-state index < -0.39 is 0 Å². The van der Waals surface area contributed by atoms with Crippen LogP contribution in [0.4, 0.5) is 0 Å². The van der Waals surface area contributed by atoms with Crippen molar-refractivity contribution in [2.24, 2.45) is 5.92 Å². The van der Waals surface area contributed by atoms with Crippen LogP contribution >= 0.6 is 15.9 Å². The lowest BCUT2D eigenvalue weighted by Crippen LogP contribution is -2.06. The first-order valence-corrected chi connectivity index (χ1v) is 7.29. The number of hydrogen-bond donors (Lipinski definition) is 0. The molecule has 0 aliphatic carbocycles. The topological polar surface area (TPSA) is 26.3 Å². The highest BCUT2D eigenvalue weighted by Crippen LogP contribution is 2.24. The van der Waals surface area contributed by atoms with E-state index in [0.717, 1.165) is 28.6 Å². The first kappa shape index (κ1) is 15.2. The first-order valence-electron chi connectivity index (χ1n) is 6.50. The number of unbranched alkanes of at least 4 members (excludes halogenated alkanes) is 1. The number of carbonyl (C=O) groups is 1. The van der Waals surface area contributed by atoms with Crippen LogP contribution in [0.2, 0.25) is 0 Å². The lowest BCUT2D eigenvalue weighted by molar-refractivity contribution is 0.0978. The van der Waals surface area contributed by atoms with Gasteiger partial charge in [0.05, 0.1) is 6.61 Å². The molecule has 0 N–H and O–H groups in total. The van der Waals surface area contributed by atoms with E-state index in [9.17, 15) is 4.79 Å². The van der Waals surface area contributed by atoms with Crippen molar-refractivity contribution in [3.8, 4) is 5.75 Å². The van der Waals surface area contributed by atoms with Crippen LogP contribution in [-0.2, 0) is 0 Å². The van der Waals surface area contributed by atoms with E-state index in [0.29, 0.717) is 18.9 Å². The lowest BCUT2D eigenvalue weighted by Gasteiger charge is -2.11. The van der Waals surface area contributed by atoms with Gasteiger partial charge >= 0.3 is 0 Å². The second-order valence-corrected chi connectivity index (χ2v) is 5.73. The summed E-state index contributed by atoms with van der Waals surface area (Å²) in [5, 5.41) is 0. The van der Waals surface area contributed by atoms with E-state index in [2.05, 4.69) is 36.7 Å². The van der Waals surface area contributed by atoms with Gasteiger partial charge in [-0.3, -0.25) is 4.79 Å². The van der Waals surface area contributed by atoms with Crippen molar-refractivity contribution in [2.45, 2.75) is 40.0 Å². The van der Waals surface area contributed by atoms with E-state index in [4.69, 9.17) is 4.74 Å². The van der Waals surface area contributed by atoms with Crippen LogP contribution in [0.3, 0.4) is 0 Å². The molecule has 0 heterocycles. The first-order chi connectivity index (χ1) is 8.54. The minimum atomic E-state index is 0.179. The Hall–Kier alpha value is -0.830. The normalized spacial score (nSPS) is 10.7. The molecule has 1 aromatic carbocycles. The SMILES string of the molecule is CCCCC(=O)c1cc(OCC(C)C)ccc1Br. The van der Waals surface area contributed by atoms with Crippen LogP contribution in [0.25, 0.3) is 0 Å². The Bertz CT molecular complexity index is 399. The zero-order valence-corrected chi connectivity index (χ0v) is 12.9. The van der Waals surface area contributed by atoms with Crippen molar-refractivity contribution < 1.29 is 9.53 Å². The van der Waals surface area contributed by atoms with Crippen molar-refractivity contribution in [1.82, 2.24) is 0 Å². The summed E-state index contributed by atoms with van der Waals surface area (Å²) in [5.74, 6) is 1.43. The molecule has 18 heavy (non-hydrogen) atoms. The molecule has 0 atom stereocenters. The Balaban J connectivity index is 2.77. The molecule has 0 saturated heterocycles. The van der Waals surface area contributed by atoms with Gasteiger partial charge in [-0.05, 0) is 30.5 Å². The average molecular weight is 313 g/mol. The van der Waals surface area contributed by atoms with Gasteiger partial charge < -0.3 is 4.74 Å². The molecule has 0 aliphatic heterocycles. The van der Waals surface area contributed by atoms with Crippen molar-refractivity contribution in [3.63, 3.8) is 0 Å². The molecule has 1 aromatic rings. The molecular formula is C15H21BrO2. The Kier molecular flexibility index (Phi) is 6.41.